The third kappa shape index (κ3) is 2.81. The third-order valence-electron chi connectivity index (χ3n) is 3.86. The van der Waals surface area contributed by atoms with Crippen LogP contribution in [0.3, 0.4) is 0 Å². The van der Waals surface area contributed by atoms with Gasteiger partial charge in [-0.1, -0.05) is 37.0 Å². The van der Waals surface area contributed by atoms with Crippen LogP contribution in [0.1, 0.15) is 19.4 Å². The second kappa shape index (κ2) is 6.01. The quantitative estimate of drug-likeness (QED) is 0.767. The lowest BCUT2D eigenvalue weighted by atomic mass is 10.0. The maximum Gasteiger partial charge on any atom is 0.244 e. The highest BCUT2D eigenvalue weighted by atomic mass is 35.5. The Morgan fingerprint density at radius 3 is 2.25 bits per heavy atom. The Labute approximate surface area is 134 Å². The number of alkyl halides is 1. The molecule has 0 aliphatic carbocycles. The van der Waals surface area contributed by atoms with E-state index in [1.54, 1.807) is 0 Å². The lowest BCUT2D eigenvalue weighted by Crippen LogP contribution is -2.29. The van der Waals surface area contributed by atoms with E-state index in [-0.39, 0.29) is 15.8 Å². The maximum absolute atomic E-state index is 12.7. The summed E-state index contributed by atoms with van der Waals surface area (Å²) in [5, 5.41) is 0.506. The van der Waals surface area contributed by atoms with Crippen molar-refractivity contribution in [2.24, 2.45) is 11.8 Å². The molecule has 0 spiro atoms. The van der Waals surface area contributed by atoms with Crippen LogP contribution in [0.25, 0.3) is 0 Å². The van der Waals surface area contributed by atoms with E-state index in [4.69, 9.17) is 34.8 Å². The monoisotopic (exact) mass is 355 g/mol. The normalized spacial score (nSPS) is 24.2. The van der Waals surface area contributed by atoms with Crippen molar-refractivity contribution in [3.8, 4) is 0 Å². The topological polar surface area (TPSA) is 37.4 Å². The highest BCUT2D eigenvalue weighted by Gasteiger charge is 2.36. The van der Waals surface area contributed by atoms with Gasteiger partial charge in [0.1, 0.15) is 4.90 Å². The first kappa shape index (κ1) is 16.4. The standard InChI is InChI=1S/C13H16Cl3NO2S/c1-8-6-17(7-9(8)2)20(18,19)12-4-3-11(15)10(5-14)13(12)16/h3-4,8-9H,5-7H2,1-2H3. The number of sulfonamides is 1. The molecule has 3 nitrogen and oxygen atoms in total. The fourth-order valence-corrected chi connectivity index (χ4v) is 5.25. The summed E-state index contributed by atoms with van der Waals surface area (Å²) in [4.78, 5) is 0.0838. The minimum Gasteiger partial charge on any atom is -0.207 e. The molecule has 2 rings (SSSR count). The summed E-state index contributed by atoms with van der Waals surface area (Å²) < 4.78 is 26.8. The molecule has 7 heteroatoms. The van der Waals surface area contributed by atoms with Crippen LogP contribution in [0.15, 0.2) is 17.0 Å². The van der Waals surface area contributed by atoms with E-state index in [2.05, 4.69) is 0 Å². The Hall–Kier alpha value is -0.000000000000000167. The Morgan fingerprint density at radius 1 is 1.20 bits per heavy atom. The largest absolute Gasteiger partial charge is 0.244 e. The summed E-state index contributed by atoms with van der Waals surface area (Å²) in [6.07, 6.45) is 0. The summed E-state index contributed by atoms with van der Waals surface area (Å²) in [5.41, 5.74) is 0.455. The molecule has 0 N–H and O–H groups in total. The molecule has 0 saturated carbocycles. The van der Waals surface area contributed by atoms with Crippen molar-refractivity contribution in [3.05, 3.63) is 27.7 Å². The molecule has 1 saturated heterocycles. The van der Waals surface area contributed by atoms with E-state index in [0.29, 0.717) is 35.5 Å². The highest BCUT2D eigenvalue weighted by molar-refractivity contribution is 7.89. The lowest BCUT2D eigenvalue weighted by molar-refractivity contribution is 0.463. The zero-order valence-electron chi connectivity index (χ0n) is 11.2. The molecule has 0 amide bonds. The fourth-order valence-electron chi connectivity index (χ4n) is 2.31. The molecule has 2 unspecified atom stereocenters. The molecule has 0 aromatic heterocycles. The third-order valence-corrected chi connectivity index (χ3v) is 6.90. The van der Waals surface area contributed by atoms with Crippen LogP contribution < -0.4 is 0 Å². The van der Waals surface area contributed by atoms with Crippen LogP contribution in [0.2, 0.25) is 10.0 Å². The summed E-state index contributed by atoms with van der Waals surface area (Å²) in [7, 11) is -3.60. The van der Waals surface area contributed by atoms with Crippen LogP contribution in [-0.4, -0.2) is 25.8 Å². The number of nitrogens with zero attached hydrogens (tertiary/aromatic N) is 1. The first-order valence-electron chi connectivity index (χ1n) is 6.32. The van der Waals surface area contributed by atoms with Gasteiger partial charge in [-0.2, -0.15) is 4.31 Å². The van der Waals surface area contributed by atoms with Crippen LogP contribution in [0, 0.1) is 11.8 Å². The van der Waals surface area contributed by atoms with Gasteiger partial charge in [0.15, 0.2) is 0 Å². The summed E-state index contributed by atoms with van der Waals surface area (Å²) >= 11 is 17.9. The predicted molar refractivity (Wildman–Crippen MR) is 83.1 cm³/mol. The fraction of sp³-hybridized carbons (Fsp3) is 0.538. The van der Waals surface area contributed by atoms with E-state index in [0.717, 1.165) is 0 Å². The maximum atomic E-state index is 12.7. The van der Waals surface area contributed by atoms with Crippen LogP contribution in [-0.2, 0) is 15.9 Å². The average molecular weight is 357 g/mol. The van der Waals surface area contributed by atoms with E-state index in [1.165, 1.54) is 16.4 Å². The van der Waals surface area contributed by atoms with Crippen molar-refractivity contribution >= 4 is 44.8 Å². The van der Waals surface area contributed by atoms with Gasteiger partial charge < -0.3 is 0 Å². The summed E-state index contributed by atoms with van der Waals surface area (Å²) in [6.45, 7) is 5.12. The first-order chi connectivity index (χ1) is 9.28. The molecular weight excluding hydrogens is 341 g/mol. The van der Waals surface area contributed by atoms with Gasteiger partial charge >= 0.3 is 0 Å². The number of rotatable bonds is 3. The van der Waals surface area contributed by atoms with Crippen LogP contribution in [0.4, 0.5) is 0 Å². The van der Waals surface area contributed by atoms with Crippen molar-refractivity contribution in [1.29, 1.82) is 0 Å². The zero-order valence-corrected chi connectivity index (χ0v) is 14.3. The van der Waals surface area contributed by atoms with Gasteiger partial charge in [-0.15, -0.1) is 11.6 Å². The van der Waals surface area contributed by atoms with E-state index < -0.39 is 10.0 Å². The Kier molecular flexibility index (Phi) is 4.92. The SMILES string of the molecule is CC1CN(S(=O)(=O)c2ccc(Cl)c(CCl)c2Cl)CC1C. The molecular formula is C13H16Cl3NO2S. The van der Waals surface area contributed by atoms with Crippen molar-refractivity contribution in [2.75, 3.05) is 13.1 Å². The van der Waals surface area contributed by atoms with E-state index in [1.807, 2.05) is 13.8 Å². The van der Waals surface area contributed by atoms with E-state index >= 15 is 0 Å². The smallest absolute Gasteiger partial charge is 0.207 e. The molecule has 1 heterocycles. The van der Waals surface area contributed by atoms with Crippen molar-refractivity contribution in [1.82, 2.24) is 4.31 Å². The molecule has 1 aliphatic heterocycles. The summed E-state index contributed by atoms with van der Waals surface area (Å²) in [5.74, 6) is 0.750. The summed E-state index contributed by atoms with van der Waals surface area (Å²) in [6, 6.07) is 2.98. The predicted octanol–water partition coefficient (Wildman–Crippen LogP) is 4.01. The number of hydrogen-bond acceptors (Lipinski definition) is 2. The number of benzene rings is 1. The molecule has 0 radical (unpaired) electrons. The van der Waals surface area contributed by atoms with Gasteiger partial charge in [0.25, 0.3) is 0 Å². The highest BCUT2D eigenvalue weighted by Crippen LogP contribution is 2.36. The minimum absolute atomic E-state index is 0.0772. The van der Waals surface area contributed by atoms with Gasteiger partial charge in [-0.3, -0.25) is 0 Å². The minimum atomic E-state index is -3.60. The van der Waals surface area contributed by atoms with Crippen LogP contribution in [0.5, 0.6) is 0 Å². The van der Waals surface area contributed by atoms with Gasteiger partial charge in [0.2, 0.25) is 10.0 Å². The second-order valence-electron chi connectivity index (χ2n) is 5.25. The molecule has 20 heavy (non-hydrogen) atoms. The Bertz CT molecular complexity index is 608. The molecule has 0 bridgehead atoms. The number of hydrogen-bond donors (Lipinski definition) is 0. The molecule has 2 atom stereocenters. The van der Waals surface area contributed by atoms with Gasteiger partial charge in [-0.25, -0.2) is 8.42 Å². The molecule has 112 valence electrons. The van der Waals surface area contributed by atoms with Crippen LogP contribution >= 0.6 is 34.8 Å². The average Bonchev–Trinajstić information content (AvgIpc) is 2.70. The van der Waals surface area contributed by atoms with Crippen molar-refractivity contribution in [2.45, 2.75) is 24.6 Å². The van der Waals surface area contributed by atoms with Gasteiger partial charge in [0.05, 0.1) is 10.9 Å². The Morgan fingerprint density at radius 2 is 1.75 bits per heavy atom. The second-order valence-corrected chi connectivity index (χ2v) is 8.21. The Balaban J connectivity index is 2.46. The molecule has 1 fully saturated rings. The zero-order chi connectivity index (χ0) is 15.1. The number of halogens is 3. The van der Waals surface area contributed by atoms with Gasteiger partial charge in [-0.05, 0) is 24.0 Å². The lowest BCUT2D eigenvalue weighted by Gasteiger charge is -2.18. The molecule has 1 aromatic rings. The van der Waals surface area contributed by atoms with Crippen molar-refractivity contribution < 1.29 is 8.42 Å². The molecule has 1 aliphatic rings. The van der Waals surface area contributed by atoms with Crippen molar-refractivity contribution in [3.63, 3.8) is 0 Å². The molecule has 1 aromatic carbocycles. The van der Waals surface area contributed by atoms with E-state index in [9.17, 15) is 8.42 Å². The first-order valence-corrected chi connectivity index (χ1v) is 9.05. The van der Waals surface area contributed by atoms with Gasteiger partial charge in [0, 0.05) is 23.7 Å².